The minimum Gasteiger partial charge on any atom is -0.349 e. The molecule has 1 aromatic heterocycles. The summed E-state index contributed by atoms with van der Waals surface area (Å²) in [4.78, 5) is 12.1. The van der Waals surface area contributed by atoms with E-state index in [4.69, 9.17) is 11.6 Å². The quantitative estimate of drug-likeness (QED) is 0.820. The lowest BCUT2D eigenvalue weighted by molar-refractivity contribution is -0.119. The maximum absolute atomic E-state index is 12.1. The molecule has 0 aliphatic heterocycles. The van der Waals surface area contributed by atoms with Crippen LogP contribution in [-0.2, 0) is 4.79 Å². The Morgan fingerprint density at radius 2 is 2.36 bits per heavy atom. The number of benzene rings is 1. The summed E-state index contributed by atoms with van der Waals surface area (Å²) in [6, 6.07) is 7.80. The highest BCUT2D eigenvalue weighted by atomic mass is 35.5. The normalized spacial score (nSPS) is 15.5. The second-order valence-electron chi connectivity index (χ2n) is 5.27. The number of nitrogens with one attached hydrogen (secondary N) is 1. The topological polar surface area (TPSA) is 72.7 Å². The molecule has 1 amide bonds. The molecule has 1 heterocycles. The molecule has 0 saturated heterocycles. The number of carbonyl (C=O) groups excluding carboxylic acids is 1. The van der Waals surface area contributed by atoms with E-state index in [0.29, 0.717) is 16.2 Å². The van der Waals surface area contributed by atoms with Crippen molar-refractivity contribution in [2.75, 3.05) is 5.75 Å². The van der Waals surface area contributed by atoms with Crippen molar-refractivity contribution in [3.8, 4) is 0 Å². The van der Waals surface area contributed by atoms with E-state index in [1.807, 2.05) is 31.2 Å². The van der Waals surface area contributed by atoms with E-state index in [1.54, 1.807) is 4.68 Å². The Morgan fingerprint density at radius 1 is 1.55 bits per heavy atom. The fourth-order valence-electron chi connectivity index (χ4n) is 2.10. The number of aromatic nitrogens is 4. The van der Waals surface area contributed by atoms with Gasteiger partial charge in [-0.25, -0.2) is 4.68 Å². The fourth-order valence-corrected chi connectivity index (χ4v) is 3.06. The molecule has 1 N–H and O–H groups in total. The summed E-state index contributed by atoms with van der Waals surface area (Å²) in [6.45, 7) is 1.93. The molecule has 116 valence electrons. The summed E-state index contributed by atoms with van der Waals surface area (Å²) in [6.07, 6.45) is 2.22. The van der Waals surface area contributed by atoms with Crippen molar-refractivity contribution in [1.29, 1.82) is 0 Å². The van der Waals surface area contributed by atoms with E-state index in [0.717, 1.165) is 18.4 Å². The van der Waals surface area contributed by atoms with Crippen LogP contribution in [0.4, 0.5) is 0 Å². The maximum atomic E-state index is 12.1. The Morgan fingerprint density at radius 3 is 3.09 bits per heavy atom. The average molecular weight is 338 g/mol. The van der Waals surface area contributed by atoms with Crippen LogP contribution in [0.2, 0.25) is 5.02 Å². The number of hydrogen-bond acceptors (Lipinski definition) is 5. The largest absolute Gasteiger partial charge is 0.349 e. The summed E-state index contributed by atoms with van der Waals surface area (Å²) in [5.74, 6) is 0.237. The second kappa shape index (κ2) is 6.66. The third-order valence-corrected chi connectivity index (χ3v) is 4.58. The summed E-state index contributed by atoms with van der Waals surface area (Å²) in [5, 5.41) is 15.9. The molecule has 0 spiro atoms. The lowest BCUT2D eigenvalue weighted by Crippen LogP contribution is -2.28. The highest BCUT2D eigenvalue weighted by molar-refractivity contribution is 7.99. The Hall–Kier alpha value is -1.60. The van der Waals surface area contributed by atoms with Crippen molar-refractivity contribution in [2.24, 2.45) is 0 Å². The van der Waals surface area contributed by atoms with Crippen molar-refractivity contribution >= 4 is 29.3 Å². The van der Waals surface area contributed by atoms with E-state index in [-0.39, 0.29) is 17.7 Å². The highest BCUT2D eigenvalue weighted by Gasteiger charge is 2.28. The number of rotatable bonds is 6. The lowest BCUT2D eigenvalue weighted by Gasteiger charge is -2.14. The predicted octanol–water partition coefficient (Wildman–Crippen LogP) is 2.63. The molecule has 1 fully saturated rings. The van der Waals surface area contributed by atoms with E-state index in [1.165, 1.54) is 11.8 Å². The van der Waals surface area contributed by atoms with E-state index < -0.39 is 0 Å². The van der Waals surface area contributed by atoms with Gasteiger partial charge >= 0.3 is 0 Å². The van der Waals surface area contributed by atoms with Gasteiger partial charge in [-0.15, -0.1) is 5.10 Å². The molecule has 1 aromatic carbocycles. The van der Waals surface area contributed by atoms with Crippen molar-refractivity contribution in [1.82, 2.24) is 25.5 Å². The number of nitrogens with zero attached hydrogens (tertiary/aromatic N) is 4. The molecule has 1 unspecified atom stereocenters. The minimum atomic E-state index is -0.0915. The molecule has 6 nitrogen and oxygen atoms in total. The first-order chi connectivity index (χ1) is 10.6. The van der Waals surface area contributed by atoms with E-state index >= 15 is 0 Å². The van der Waals surface area contributed by atoms with Gasteiger partial charge in [0, 0.05) is 5.02 Å². The lowest BCUT2D eigenvalue weighted by atomic mass is 10.1. The Balaban J connectivity index is 1.52. The van der Waals surface area contributed by atoms with Crippen molar-refractivity contribution in [3.05, 3.63) is 34.9 Å². The molecule has 1 aliphatic rings. The average Bonchev–Trinajstić information content (AvgIpc) is 3.23. The molecule has 0 bridgehead atoms. The molecule has 22 heavy (non-hydrogen) atoms. The van der Waals surface area contributed by atoms with Gasteiger partial charge < -0.3 is 5.32 Å². The van der Waals surface area contributed by atoms with Gasteiger partial charge in [0.25, 0.3) is 0 Å². The van der Waals surface area contributed by atoms with Gasteiger partial charge in [-0.1, -0.05) is 35.5 Å². The molecule has 1 aliphatic carbocycles. The molecule has 0 radical (unpaired) electrons. The van der Waals surface area contributed by atoms with Crippen LogP contribution in [0.3, 0.4) is 0 Å². The Bertz CT molecular complexity index is 673. The van der Waals surface area contributed by atoms with Gasteiger partial charge in [0.05, 0.1) is 17.8 Å². The molecular formula is C14H16ClN5OS. The first kappa shape index (κ1) is 15.3. The molecular weight excluding hydrogens is 322 g/mol. The third-order valence-electron chi connectivity index (χ3n) is 3.41. The third kappa shape index (κ3) is 3.78. The second-order valence-corrected chi connectivity index (χ2v) is 6.65. The van der Waals surface area contributed by atoms with Gasteiger partial charge in [-0.05, 0) is 47.9 Å². The highest BCUT2D eigenvalue weighted by Crippen LogP contribution is 2.36. The standard InChI is InChI=1S/C14H16ClN5OS/c1-9(10-3-2-4-11(15)7-10)16-13(21)8-22-14-17-18-19-20(14)12-5-6-12/h2-4,7,9,12H,5-6,8H2,1H3,(H,16,21). The van der Waals surface area contributed by atoms with Crippen LogP contribution in [0.5, 0.6) is 0 Å². The van der Waals surface area contributed by atoms with Gasteiger partial charge in [-0.2, -0.15) is 0 Å². The van der Waals surface area contributed by atoms with Gasteiger partial charge in [0.2, 0.25) is 11.1 Å². The number of halogens is 1. The number of hydrogen-bond donors (Lipinski definition) is 1. The Kier molecular flexibility index (Phi) is 4.63. The number of carbonyl (C=O) groups is 1. The maximum Gasteiger partial charge on any atom is 0.230 e. The van der Waals surface area contributed by atoms with E-state index in [9.17, 15) is 4.79 Å². The molecule has 8 heteroatoms. The summed E-state index contributed by atoms with van der Waals surface area (Å²) in [7, 11) is 0. The molecule has 1 atom stereocenters. The number of thioether (sulfide) groups is 1. The minimum absolute atomic E-state index is 0.0529. The Labute approximate surface area is 137 Å². The zero-order valence-corrected chi connectivity index (χ0v) is 13.6. The number of amides is 1. The van der Waals surface area contributed by atoms with Crippen LogP contribution in [0.25, 0.3) is 0 Å². The van der Waals surface area contributed by atoms with E-state index in [2.05, 4.69) is 20.8 Å². The predicted molar refractivity (Wildman–Crippen MR) is 84.8 cm³/mol. The zero-order chi connectivity index (χ0) is 15.5. The smallest absolute Gasteiger partial charge is 0.230 e. The van der Waals surface area contributed by atoms with Gasteiger partial charge in [0.15, 0.2) is 0 Å². The van der Waals surface area contributed by atoms with Crippen LogP contribution in [0.1, 0.15) is 37.4 Å². The van der Waals surface area contributed by atoms with Gasteiger partial charge in [0.1, 0.15) is 0 Å². The first-order valence-electron chi connectivity index (χ1n) is 7.09. The monoisotopic (exact) mass is 337 g/mol. The van der Waals surface area contributed by atoms with Crippen molar-refractivity contribution in [3.63, 3.8) is 0 Å². The molecule has 3 rings (SSSR count). The van der Waals surface area contributed by atoms with Crippen LogP contribution < -0.4 is 5.32 Å². The SMILES string of the molecule is CC(NC(=O)CSc1nnnn1C1CC1)c1cccc(Cl)c1. The van der Waals surface area contributed by atoms with Crippen LogP contribution in [-0.4, -0.2) is 31.9 Å². The first-order valence-corrected chi connectivity index (χ1v) is 8.45. The summed E-state index contributed by atoms with van der Waals surface area (Å²) < 4.78 is 1.80. The molecule has 1 saturated carbocycles. The van der Waals surface area contributed by atoms with Crippen LogP contribution in [0, 0.1) is 0 Å². The van der Waals surface area contributed by atoms with Crippen molar-refractivity contribution < 1.29 is 4.79 Å². The van der Waals surface area contributed by atoms with Crippen LogP contribution >= 0.6 is 23.4 Å². The van der Waals surface area contributed by atoms with Crippen LogP contribution in [0.15, 0.2) is 29.4 Å². The zero-order valence-electron chi connectivity index (χ0n) is 12.1. The van der Waals surface area contributed by atoms with Gasteiger partial charge in [-0.3, -0.25) is 4.79 Å². The molecule has 2 aromatic rings. The summed E-state index contributed by atoms with van der Waals surface area (Å²) in [5.41, 5.74) is 0.980. The summed E-state index contributed by atoms with van der Waals surface area (Å²) >= 11 is 7.32. The van der Waals surface area contributed by atoms with Crippen molar-refractivity contribution in [2.45, 2.75) is 37.0 Å². The fraction of sp³-hybridized carbons (Fsp3) is 0.429. The number of tetrazole rings is 1.